The predicted octanol–water partition coefficient (Wildman–Crippen LogP) is 3.79. The van der Waals surface area contributed by atoms with Crippen LogP contribution in [0.1, 0.15) is 27.9 Å². The molecule has 2 aromatic rings. The first-order valence-electron chi connectivity index (χ1n) is 6.13. The maximum absolute atomic E-state index is 4.45. The van der Waals surface area contributed by atoms with Crippen LogP contribution in [0, 0.1) is 20.8 Å². The Morgan fingerprint density at radius 1 is 0.941 bits per heavy atom. The van der Waals surface area contributed by atoms with Gasteiger partial charge in [0.1, 0.15) is 0 Å². The van der Waals surface area contributed by atoms with Crippen molar-refractivity contribution in [2.45, 2.75) is 33.6 Å². The van der Waals surface area contributed by atoms with Crippen molar-refractivity contribution in [1.82, 2.24) is 4.98 Å². The van der Waals surface area contributed by atoms with Crippen molar-refractivity contribution in [1.29, 1.82) is 0 Å². The molecule has 0 N–H and O–H groups in total. The summed E-state index contributed by atoms with van der Waals surface area (Å²) >= 11 is 0. The highest BCUT2D eigenvalue weighted by molar-refractivity contribution is 5.31. The summed E-state index contributed by atoms with van der Waals surface area (Å²) in [6.07, 6.45) is 3.98. The van der Waals surface area contributed by atoms with E-state index in [0.717, 1.165) is 12.8 Å². The summed E-state index contributed by atoms with van der Waals surface area (Å²) in [6.45, 7) is 6.46. The molecule has 0 saturated heterocycles. The smallest absolute Gasteiger partial charge is 0.0436 e. The Hall–Kier alpha value is -1.63. The summed E-state index contributed by atoms with van der Waals surface area (Å²) in [5.74, 6) is 0. The Balaban J connectivity index is 2.12. The highest BCUT2D eigenvalue weighted by Gasteiger charge is 2.02. The monoisotopic (exact) mass is 225 g/mol. The third-order valence-corrected chi connectivity index (χ3v) is 3.25. The molecule has 1 aromatic carbocycles. The molecule has 1 heteroatoms. The average molecular weight is 225 g/mol. The van der Waals surface area contributed by atoms with Gasteiger partial charge >= 0.3 is 0 Å². The first-order valence-corrected chi connectivity index (χ1v) is 6.13. The van der Waals surface area contributed by atoms with Crippen LogP contribution in [0.5, 0.6) is 0 Å². The summed E-state index contributed by atoms with van der Waals surface area (Å²) in [6, 6.07) is 10.8. The summed E-state index contributed by atoms with van der Waals surface area (Å²) in [4.78, 5) is 4.45. The number of aromatic nitrogens is 1. The van der Waals surface area contributed by atoms with E-state index in [0.29, 0.717) is 0 Å². The highest BCUT2D eigenvalue weighted by atomic mass is 14.7. The average Bonchev–Trinajstić information content (AvgIpc) is 2.32. The molecule has 0 aliphatic carbocycles. The van der Waals surface area contributed by atoms with Crippen LogP contribution < -0.4 is 0 Å². The summed E-state index contributed by atoms with van der Waals surface area (Å²) in [5, 5.41) is 0. The van der Waals surface area contributed by atoms with Crippen molar-refractivity contribution < 1.29 is 0 Å². The van der Waals surface area contributed by atoms with Gasteiger partial charge in [0.2, 0.25) is 0 Å². The maximum atomic E-state index is 4.45. The van der Waals surface area contributed by atoms with Crippen molar-refractivity contribution in [2.24, 2.45) is 0 Å². The molecule has 0 aliphatic rings. The standard InChI is InChI=1S/C16H19N/c1-12-6-7-13(2)15(11-12)8-9-16-14(3)5-4-10-17-16/h4-7,10-11H,8-9H2,1-3H3. The van der Waals surface area contributed by atoms with Gasteiger partial charge in [-0.2, -0.15) is 0 Å². The van der Waals surface area contributed by atoms with E-state index >= 15 is 0 Å². The van der Waals surface area contributed by atoms with Crippen LogP contribution in [0.2, 0.25) is 0 Å². The van der Waals surface area contributed by atoms with Crippen LogP contribution in [0.15, 0.2) is 36.5 Å². The second-order valence-electron chi connectivity index (χ2n) is 4.70. The molecule has 0 aliphatic heterocycles. The van der Waals surface area contributed by atoms with Crippen molar-refractivity contribution in [2.75, 3.05) is 0 Å². The Labute approximate surface area is 104 Å². The van der Waals surface area contributed by atoms with E-state index < -0.39 is 0 Å². The normalized spacial score (nSPS) is 10.5. The van der Waals surface area contributed by atoms with Crippen LogP contribution >= 0.6 is 0 Å². The van der Waals surface area contributed by atoms with Crippen molar-refractivity contribution >= 4 is 0 Å². The highest BCUT2D eigenvalue weighted by Crippen LogP contribution is 2.14. The molecule has 1 aromatic heterocycles. The second-order valence-corrected chi connectivity index (χ2v) is 4.70. The summed E-state index contributed by atoms with van der Waals surface area (Å²) in [5.41, 5.74) is 6.66. The molecule has 0 amide bonds. The van der Waals surface area contributed by atoms with Gasteiger partial charge < -0.3 is 0 Å². The first-order chi connectivity index (χ1) is 8.16. The number of nitrogens with zero attached hydrogens (tertiary/aromatic N) is 1. The SMILES string of the molecule is Cc1ccc(C)c(CCc2ncccc2C)c1. The van der Waals surface area contributed by atoms with Gasteiger partial charge in [-0.3, -0.25) is 4.98 Å². The van der Waals surface area contributed by atoms with Gasteiger partial charge in [0.05, 0.1) is 0 Å². The Morgan fingerprint density at radius 3 is 2.53 bits per heavy atom. The molecule has 1 nitrogen and oxygen atoms in total. The van der Waals surface area contributed by atoms with Gasteiger partial charge in [-0.15, -0.1) is 0 Å². The van der Waals surface area contributed by atoms with E-state index in [-0.39, 0.29) is 0 Å². The molecule has 0 atom stereocenters. The number of hydrogen-bond acceptors (Lipinski definition) is 1. The van der Waals surface area contributed by atoms with Gasteiger partial charge in [-0.05, 0) is 56.4 Å². The number of pyridine rings is 1. The van der Waals surface area contributed by atoms with E-state index in [9.17, 15) is 0 Å². The van der Waals surface area contributed by atoms with Gasteiger partial charge in [-0.25, -0.2) is 0 Å². The number of benzene rings is 1. The van der Waals surface area contributed by atoms with Gasteiger partial charge in [0.15, 0.2) is 0 Å². The quantitative estimate of drug-likeness (QED) is 0.774. The molecule has 1 heterocycles. The minimum atomic E-state index is 1.02. The molecule has 0 bridgehead atoms. The van der Waals surface area contributed by atoms with Crippen LogP contribution in [0.4, 0.5) is 0 Å². The van der Waals surface area contributed by atoms with Crippen LogP contribution in [-0.4, -0.2) is 4.98 Å². The number of aryl methyl sites for hydroxylation is 5. The zero-order valence-corrected chi connectivity index (χ0v) is 10.8. The maximum Gasteiger partial charge on any atom is 0.0436 e. The van der Waals surface area contributed by atoms with Crippen molar-refractivity contribution in [3.8, 4) is 0 Å². The third kappa shape index (κ3) is 2.94. The lowest BCUT2D eigenvalue weighted by Gasteiger charge is -2.08. The van der Waals surface area contributed by atoms with Crippen LogP contribution in [0.3, 0.4) is 0 Å². The fourth-order valence-corrected chi connectivity index (χ4v) is 2.10. The topological polar surface area (TPSA) is 12.9 Å². The number of rotatable bonds is 3. The largest absolute Gasteiger partial charge is 0.261 e. The molecule has 0 spiro atoms. The lowest BCUT2D eigenvalue weighted by Crippen LogP contribution is -1.99. The van der Waals surface area contributed by atoms with Gasteiger partial charge in [0.25, 0.3) is 0 Å². The van der Waals surface area contributed by atoms with Gasteiger partial charge in [0, 0.05) is 11.9 Å². The summed E-state index contributed by atoms with van der Waals surface area (Å²) < 4.78 is 0. The molecule has 17 heavy (non-hydrogen) atoms. The predicted molar refractivity (Wildman–Crippen MR) is 72.3 cm³/mol. The molecule has 2 rings (SSSR count). The molecule has 0 saturated carbocycles. The molecular formula is C16H19N. The molecule has 0 unspecified atom stereocenters. The van der Waals surface area contributed by atoms with E-state index in [2.05, 4.69) is 50.0 Å². The van der Waals surface area contributed by atoms with E-state index in [1.165, 1.54) is 27.9 Å². The Morgan fingerprint density at radius 2 is 1.76 bits per heavy atom. The zero-order chi connectivity index (χ0) is 12.3. The van der Waals surface area contributed by atoms with Crippen LogP contribution in [-0.2, 0) is 12.8 Å². The molecule has 88 valence electrons. The van der Waals surface area contributed by atoms with Crippen molar-refractivity contribution in [3.63, 3.8) is 0 Å². The van der Waals surface area contributed by atoms with Crippen LogP contribution in [0.25, 0.3) is 0 Å². The molecular weight excluding hydrogens is 206 g/mol. The minimum absolute atomic E-state index is 1.02. The number of hydrogen-bond donors (Lipinski definition) is 0. The first kappa shape index (κ1) is 11.8. The molecule has 0 radical (unpaired) electrons. The lowest BCUT2D eigenvalue weighted by atomic mass is 9.99. The van der Waals surface area contributed by atoms with E-state index in [1.54, 1.807) is 0 Å². The Kier molecular flexibility index (Phi) is 3.58. The second kappa shape index (κ2) is 5.13. The zero-order valence-electron chi connectivity index (χ0n) is 10.8. The fraction of sp³-hybridized carbons (Fsp3) is 0.312. The fourth-order valence-electron chi connectivity index (χ4n) is 2.10. The minimum Gasteiger partial charge on any atom is -0.261 e. The van der Waals surface area contributed by atoms with Gasteiger partial charge in [-0.1, -0.05) is 29.8 Å². The van der Waals surface area contributed by atoms with E-state index in [4.69, 9.17) is 0 Å². The molecule has 0 fully saturated rings. The van der Waals surface area contributed by atoms with Crippen molar-refractivity contribution in [3.05, 3.63) is 64.5 Å². The third-order valence-electron chi connectivity index (χ3n) is 3.25. The summed E-state index contributed by atoms with van der Waals surface area (Å²) in [7, 11) is 0. The Bertz CT molecular complexity index is 515. The lowest BCUT2D eigenvalue weighted by molar-refractivity contribution is 0.892. The van der Waals surface area contributed by atoms with E-state index in [1.807, 2.05) is 12.3 Å².